The van der Waals surface area contributed by atoms with Gasteiger partial charge in [0.15, 0.2) is 5.13 Å². The topological polar surface area (TPSA) is 145 Å². The number of nitrogens with one attached hydrogen (secondary N) is 2. The number of fused-ring (bicyclic) bond motifs is 1. The van der Waals surface area contributed by atoms with E-state index < -0.39 is 10.0 Å². The summed E-state index contributed by atoms with van der Waals surface area (Å²) in [5.74, 6) is 0.131. The summed E-state index contributed by atoms with van der Waals surface area (Å²) in [5, 5.41) is 9.43. The fourth-order valence-electron chi connectivity index (χ4n) is 5.15. The van der Waals surface area contributed by atoms with E-state index in [4.69, 9.17) is 22.3 Å². The predicted octanol–water partition coefficient (Wildman–Crippen LogP) is 5.18. The molecule has 1 fully saturated rings. The zero-order chi connectivity index (χ0) is 28.6. The lowest BCUT2D eigenvalue weighted by molar-refractivity contribution is 0.0922. The number of benzene rings is 2. The van der Waals surface area contributed by atoms with Gasteiger partial charge in [-0.25, -0.2) is 27.3 Å². The lowest BCUT2D eigenvalue weighted by Crippen LogP contribution is -2.42. The molecule has 210 valence electrons. The summed E-state index contributed by atoms with van der Waals surface area (Å²) >= 11 is 7.81. The quantitative estimate of drug-likeness (QED) is 0.229. The zero-order valence-corrected chi connectivity index (χ0v) is 24.1. The number of hydrogen-bond acceptors (Lipinski definition) is 9. The van der Waals surface area contributed by atoms with Crippen LogP contribution >= 0.6 is 22.9 Å². The molecular weight excluding hydrogens is 582 g/mol. The summed E-state index contributed by atoms with van der Waals surface area (Å²) in [5.41, 5.74) is 7.50. The van der Waals surface area contributed by atoms with Crippen LogP contribution in [0.25, 0.3) is 22.2 Å². The Kier molecular flexibility index (Phi) is 7.37. The van der Waals surface area contributed by atoms with Crippen molar-refractivity contribution in [2.75, 3.05) is 11.1 Å². The van der Waals surface area contributed by atoms with Crippen molar-refractivity contribution in [2.24, 2.45) is 0 Å². The average Bonchev–Trinajstić information content (AvgIpc) is 3.59. The number of aromatic nitrogens is 4. The molecule has 0 aliphatic heterocycles. The number of nitrogens with two attached hydrogens (primary N) is 1. The molecule has 1 amide bonds. The van der Waals surface area contributed by atoms with Crippen molar-refractivity contribution in [1.29, 1.82) is 0 Å². The van der Waals surface area contributed by atoms with Gasteiger partial charge in [-0.1, -0.05) is 48.0 Å². The summed E-state index contributed by atoms with van der Waals surface area (Å²) in [6, 6.07) is 15.5. The van der Waals surface area contributed by atoms with Crippen molar-refractivity contribution in [2.45, 2.75) is 42.7 Å². The number of carbonyl (C=O) groups is 1. The van der Waals surface area contributed by atoms with Crippen LogP contribution < -0.4 is 16.4 Å². The van der Waals surface area contributed by atoms with Crippen molar-refractivity contribution in [3.8, 4) is 11.3 Å². The number of para-hydroxylation sites is 1. The number of amides is 1. The summed E-state index contributed by atoms with van der Waals surface area (Å²) in [7, 11) is -3.86. The Bertz CT molecular complexity index is 1840. The van der Waals surface area contributed by atoms with Gasteiger partial charge in [0.1, 0.15) is 5.69 Å². The Morgan fingerprint density at radius 2 is 1.80 bits per heavy atom. The number of hydrogen-bond donors (Lipinski definition) is 3. The molecular formula is C28H26ClN7O3S2. The van der Waals surface area contributed by atoms with Crippen molar-refractivity contribution in [3.63, 3.8) is 0 Å². The van der Waals surface area contributed by atoms with Crippen molar-refractivity contribution >= 4 is 60.9 Å². The molecule has 4 N–H and O–H groups in total. The first-order valence-corrected chi connectivity index (χ1v) is 15.7. The molecule has 2 aromatic carbocycles. The minimum Gasteiger partial charge on any atom is -0.375 e. The van der Waals surface area contributed by atoms with Gasteiger partial charge in [-0.2, -0.15) is 0 Å². The Morgan fingerprint density at radius 1 is 1.05 bits per heavy atom. The number of thiazole rings is 1. The van der Waals surface area contributed by atoms with Crippen LogP contribution in [-0.2, 0) is 10.0 Å². The van der Waals surface area contributed by atoms with Crippen molar-refractivity contribution in [1.82, 2.24) is 24.2 Å². The molecule has 1 aliphatic rings. The Hall–Kier alpha value is -4.00. The van der Waals surface area contributed by atoms with E-state index in [9.17, 15) is 13.2 Å². The molecule has 0 spiro atoms. The van der Waals surface area contributed by atoms with Gasteiger partial charge in [-0.15, -0.1) is 11.3 Å². The lowest BCUT2D eigenvalue weighted by Gasteiger charge is -2.30. The van der Waals surface area contributed by atoms with E-state index in [1.807, 2.05) is 12.1 Å². The Morgan fingerprint density at radius 3 is 2.59 bits per heavy atom. The number of nitrogen functional groups attached to an aromatic ring is 1. The summed E-state index contributed by atoms with van der Waals surface area (Å²) < 4.78 is 28.4. The van der Waals surface area contributed by atoms with Crippen LogP contribution in [0.3, 0.4) is 0 Å². The van der Waals surface area contributed by atoms with Gasteiger partial charge in [0.05, 0.1) is 27.3 Å². The second-order valence-electron chi connectivity index (χ2n) is 9.81. The van der Waals surface area contributed by atoms with Gasteiger partial charge in [0.2, 0.25) is 5.95 Å². The highest BCUT2D eigenvalue weighted by molar-refractivity contribution is 7.90. The molecule has 13 heteroatoms. The maximum Gasteiger partial charge on any atom is 0.271 e. The minimum atomic E-state index is -3.86. The van der Waals surface area contributed by atoms with E-state index in [0.29, 0.717) is 50.4 Å². The SMILES string of the molecule is Nc1nc(C(=O)N[C@H]2CCC[C@@H](Nc3ncc(Cl)c(-c4cn(S(=O)(=O)c5ccccc5)c5ccccc45)n3)C2)cs1. The van der Waals surface area contributed by atoms with Gasteiger partial charge in [-0.05, 0) is 43.9 Å². The van der Waals surface area contributed by atoms with E-state index in [-0.39, 0.29) is 22.9 Å². The van der Waals surface area contributed by atoms with Crippen molar-refractivity contribution < 1.29 is 13.2 Å². The third-order valence-electron chi connectivity index (χ3n) is 7.07. The van der Waals surface area contributed by atoms with Crippen molar-refractivity contribution in [3.05, 3.63) is 83.1 Å². The monoisotopic (exact) mass is 607 g/mol. The van der Waals surface area contributed by atoms with Crippen LogP contribution in [0.2, 0.25) is 5.02 Å². The second kappa shape index (κ2) is 11.1. The largest absolute Gasteiger partial charge is 0.375 e. The number of halogens is 1. The molecule has 1 aliphatic carbocycles. The van der Waals surface area contributed by atoms with E-state index >= 15 is 0 Å². The molecule has 3 aromatic heterocycles. The van der Waals surface area contributed by atoms with E-state index in [1.54, 1.807) is 54.0 Å². The molecule has 3 heterocycles. The summed E-state index contributed by atoms with van der Waals surface area (Å²) in [4.78, 5) is 25.9. The highest BCUT2D eigenvalue weighted by Crippen LogP contribution is 2.36. The molecule has 10 nitrogen and oxygen atoms in total. The number of rotatable bonds is 7. The molecule has 6 rings (SSSR count). The first-order valence-electron chi connectivity index (χ1n) is 13.0. The minimum absolute atomic E-state index is 0.0170. The van der Waals surface area contributed by atoms with Crippen LogP contribution in [0.5, 0.6) is 0 Å². The third kappa shape index (κ3) is 5.50. The standard InChI is InChI=1S/C28H26ClN7O3S2/c29-22-14-31-28(33-18-8-6-7-17(13-18)32-26(37)23-16-40-27(30)34-23)35-25(22)21-15-36(24-12-5-4-11-20(21)24)41(38,39)19-9-2-1-3-10-19/h1-5,9-12,14-18H,6-8,13H2,(H2,30,34)(H,32,37)(H,31,33,35)/t17-,18+/m0/s1. The van der Waals surface area contributed by atoms with Crippen LogP contribution in [0.15, 0.2) is 77.3 Å². The van der Waals surface area contributed by atoms with Crippen LogP contribution in [0, 0.1) is 0 Å². The van der Waals surface area contributed by atoms with Gasteiger partial charge in [0.25, 0.3) is 15.9 Å². The highest BCUT2D eigenvalue weighted by Gasteiger charge is 2.26. The maximum absolute atomic E-state index is 13.6. The first-order chi connectivity index (χ1) is 19.8. The lowest BCUT2D eigenvalue weighted by atomic mass is 9.91. The first kappa shape index (κ1) is 27.2. The second-order valence-corrected chi connectivity index (χ2v) is 12.9. The van der Waals surface area contributed by atoms with Gasteiger partial charge in [-0.3, -0.25) is 4.79 Å². The molecule has 5 aromatic rings. The smallest absolute Gasteiger partial charge is 0.271 e. The van der Waals surface area contributed by atoms with Crippen LogP contribution in [0.4, 0.5) is 11.1 Å². The fraction of sp³-hybridized carbons (Fsp3) is 0.214. The molecule has 1 saturated carbocycles. The van der Waals surface area contributed by atoms with Gasteiger partial charge < -0.3 is 16.4 Å². The molecule has 0 bridgehead atoms. The maximum atomic E-state index is 13.6. The fourth-order valence-corrected chi connectivity index (χ4v) is 7.28. The normalized spacial score (nSPS) is 17.4. The highest BCUT2D eigenvalue weighted by atomic mass is 35.5. The molecule has 2 atom stereocenters. The van der Waals surface area contributed by atoms with Gasteiger partial charge in [0, 0.05) is 34.6 Å². The van der Waals surface area contributed by atoms with Crippen LogP contribution in [-0.4, -0.2) is 45.3 Å². The summed E-state index contributed by atoms with van der Waals surface area (Å²) in [6.07, 6.45) is 6.40. The molecule has 0 radical (unpaired) electrons. The molecule has 0 unspecified atom stereocenters. The number of carbonyl (C=O) groups excluding carboxylic acids is 1. The number of nitrogens with zero attached hydrogens (tertiary/aromatic N) is 4. The molecule has 41 heavy (non-hydrogen) atoms. The predicted molar refractivity (Wildman–Crippen MR) is 161 cm³/mol. The van der Waals surface area contributed by atoms with E-state index in [1.165, 1.54) is 21.5 Å². The summed E-state index contributed by atoms with van der Waals surface area (Å²) in [6.45, 7) is 0. The van der Waals surface area contributed by atoms with Gasteiger partial charge >= 0.3 is 0 Å². The Labute approximate surface area is 245 Å². The number of anilines is 2. The van der Waals surface area contributed by atoms with Crippen LogP contribution in [0.1, 0.15) is 36.2 Å². The zero-order valence-electron chi connectivity index (χ0n) is 21.7. The van der Waals surface area contributed by atoms with E-state index in [2.05, 4.69) is 20.6 Å². The van der Waals surface area contributed by atoms with E-state index in [0.717, 1.165) is 19.3 Å². The Balaban J connectivity index is 1.27. The third-order valence-corrected chi connectivity index (χ3v) is 9.71. The average molecular weight is 608 g/mol. The molecule has 0 saturated heterocycles.